The van der Waals surface area contributed by atoms with E-state index in [1.54, 1.807) is 4.90 Å². The van der Waals surface area contributed by atoms with Gasteiger partial charge in [-0.1, -0.05) is 43.2 Å². The molecule has 0 saturated heterocycles. The molecule has 1 saturated carbocycles. The standard InChI is InChI=1S/C18H25NO4/c20-17(14-23-16-9-4-5-10-16)19(12-6-11-18(21)22)13-15-7-2-1-3-8-15/h1-3,7-8,16H,4-6,9-14H2,(H,21,22). The third-order valence-electron chi connectivity index (χ3n) is 4.13. The maximum Gasteiger partial charge on any atom is 0.303 e. The number of aliphatic carboxylic acids is 1. The van der Waals surface area contributed by atoms with Crippen molar-refractivity contribution in [2.75, 3.05) is 13.2 Å². The molecule has 23 heavy (non-hydrogen) atoms. The molecule has 0 atom stereocenters. The van der Waals surface area contributed by atoms with Gasteiger partial charge in [0.25, 0.3) is 0 Å². The number of amides is 1. The van der Waals surface area contributed by atoms with Crippen molar-refractivity contribution in [1.29, 1.82) is 0 Å². The Bertz CT molecular complexity index is 497. The molecule has 0 aliphatic heterocycles. The molecule has 1 amide bonds. The third kappa shape index (κ3) is 6.40. The Morgan fingerprint density at radius 2 is 1.87 bits per heavy atom. The van der Waals surface area contributed by atoms with E-state index in [1.807, 2.05) is 30.3 Å². The fourth-order valence-electron chi connectivity index (χ4n) is 2.85. The number of carboxylic acids is 1. The molecule has 0 aromatic heterocycles. The minimum absolute atomic E-state index is 0.0638. The van der Waals surface area contributed by atoms with Crippen LogP contribution in [0.1, 0.15) is 44.1 Å². The summed E-state index contributed by atoms with van der Waals surface area (Å²) in [5.74, 6) is -0.898. The fraction of sp³-hybridized carbons (Fsp3) is 0.556. The van der Waals surface area contributed by atoms with Gasteiger partial charge >= 0.3 is 5.97 Å². The van der Waals surface area contributed by atoms with Crippen LogP contribution in [0.3, 0.4) is 0 Å². The van der Waals surface area contributed by atoms with Gasteiger partial charge in [0, 0.05) is 19.5 Å². The summed E-state index contributed by atoms with van der Waals surface area (Å²) < 4.78 is 5.70. The van der Waals surface area contributed by atoms with Crippen molar-refractivity contribution in [3.63, 3.8) is 0 Å². The van der Waals surface area contributed by atoms with Crippen molar-refractivity contribution in [2.24, 2.45) is 0 Å². The first-order valence-electron chi connectivity index (χ1n) is 8.30. The van der Waals surface area contributed by atoms with Gasteiger partial charge in [-0.15, -0.1) is 0 Å². The topological polar surface area (TPSA) is 66.8 Å². The molecule has 1 fully saturated rings. The average molecular weight is 319 g/mol. The Labute approximate surface area is 137 Å². The summed E-state index contributed by atoms with van der Waals surface area (Å²) in [7, 11) is 0. The van der Waals surface area contributed by atoms with E-state index in [0.717, 1.165) is 18.4 Å². The van der Waals surface area contributed by atoms with Crippen LogP contribution in [0, 0.1) is 0 Å². The minimum Gasteiger partial charge on any atom is -0.481 e. The molecule has 1 aliphatic carbocycles. The zero-order chi connectivity index (χ0) is 16.5. The number of hydrogen-bond donors (Lipinski definition) is 1. The van der Waals surface area contributed by atoms with Gasteiger partial charge in [0.05, 0.1) is 6.10 Å². The summed E-state index contributed by atoms with van der Waals surface area (Å²) in [4.78, 5) is 24.8. The zero-order valence-corrected chi connectivity index (χ0v) is 13.4. The van der Waals surface area contributed by atoms with E-state index < -0.39 is 5.97 Å². The molecule has 0 radical (unpaired) electrons. The monoisotopic (exact) mass is 319 g/mol. The summed E-state index contributed by atoms with van der Waals surface area (Å²) in [6.07, 6.45) is 5.14. The number of carboxylic acid groups (broad SMARTS) is 1. The SMILES string of the molecule is O=C(O)CCCN(Cc1ccccc1)C(=O)COC1CCCC1. The molecule has 1 N–H and O–H groups in total. The molecule has 1 aromatic carbocycles. The summed E-state index contributed by atoms with van der Waals surface area (Å²) in [5, 5.41) is 8.77. The highest BCUT2D eigenvalue weighted by Gasteiger charge is 2.19. The lowest BCUT2D eigenvalue weighted by Crippen LogP contribution is -2.35. The summed E-state index contributed by atoms with van der Waals surface area (Å²) in [5.41, 5.74) is 1.04. The Kier molecular flexibility index (Phi) is 7.07. The molecule has 2 rings (SSSR count). The molecular weight excluding hydrogens is 294 g/mol. The molecule has 5 nitrogen and oxygen atoms in total. The molecule has 0 spiro atoms. The van der Waals surface area contributed by atoms with Gasteiger partial charge in [0.15, 0.2) is 0 Å². The fourth-order valence-corrected chi connectivity index (χ4v) is 2.85. The van der Waals surface area contributed by atoms with Crippen LogP contribution in [0.4, 0.5) is 0 Å². The van der Waals surface area contributed by atoms with Gasteiger partial charge in [-0.3, -0.25) is 9.59 Å². The van der Waals surface area contributed by atoms with E-state index in [4.69, 9.17) is 9.84 Å². The van der Waals surface area contributed by atoms with Gasteiger partial charge in [-0.25, -0.2) is 0 Å². The number of rotatable bonds is 9. The first-order valence-corrected chi connectivity index (χ1v) is 8.30. The highest BCUT2D eigenvalue weighted by Crippen LogP contribution is 2.21. The Balaban J connectivity index is 1.87. The van der Waals surface area contributed by atoms with Gasteiger partial charge in [0.1, 0.15) is 6.61 Å². The Morgan fingerprint density at radius 3 is 2.52 bits per heavy atom. The zero-order valence-electron chi connectivity index (χ0n) is 13.4. The van der Waals surface area contributed by atoms with Crippen LogP contribution < -0.4 is 0 Å². The van der Waals surface area contributed by atoms with E-state index in [0.29, 0.717) is 19.5 Å². The van der Waals surface area contributed by atoms with Crippen LogP contribution in [-0.4, -0.2) is 41.1 Å². The summed E-state index contributed by atoms with van der Waals surface area (Å²) >= 11 is 0. The largest absolute Gasteiger partial charge is 0.481 e. The van der Waals surface area contributed by atoms with E-state index in [2.05, 4.69) is 0 Å². The van der Waals surface area contributed by atoms with Gasteiger partial charge in [0.2, 0.25) is 5.91 Å². The Morgan fingerprint density at radius 1 is 1.17 bits per heavy atom. The maximum atomic E-state index is 12.4. The quantitative estimate of drug-likeness (QED) is 0.760. The summed E-state index contributed by atoms with van der Waals surface area (Å²) in [6.45, 7) is 1.02. The molecule has 1 aliphatic rings. The average Bonchev–Trinajstić information content (AvgIpc) is 3.06. The normalized spacial score (nSPS) is 14.8. The lowest BCUT2D eigenvalue weighted by molar-refractivity contribution is -0.140. The first kappa shape index (κ1) is 17.5. The van der Waals surface area contributed by atoms with E-state index in [-0.39, 0.29) is 25.0 Å². The molecule has 1 aromatic rings. The first-order chi connectivity index (χ1) is 11.1. The predicted molar refractivity (Wildman–Crippen MR) is 86.9 cm³/mol. The summed E-state index contributed by atoms with van der Waals surface area (Å²) in [6, 6.07) is 9.74. The van der Waals surface area contributed by atoms with E-state index >= 15 is 0 Å². The highest BCUT2D eigenvalue weighted by molar-refractivity contribution is 5.77. The number of nitrogens with zero attached hydrogens (tertiary/aromatic N) is 1. The molecular formula is C18H25NO4. The van der Waals surface area contributed by atoms with Crippen LogP contribution in [0.25, 0.3) is 0 Å². The van der Waals surface area contributed by atoms with Crippen molar-refractivity contribution >= 4 is 11.9 Å². The van der Waals surface area contributed by atoms with Gasteiger partial charge in [-0.2, -0.15) is 0 Å². The van der Waals surface area contributed by atoms with Gasteiger partial charge < -0.3 is 14.7 Å². The van der Waals surface area contributed by atoms with E-state index in [9.17, 15) is 9.59 Å². The third-order valence-corrected chi connectivity index (χ3v) is 4.13. The number of ether oxygens (including phenoxy) is 1. The van der Waals surface area contributed by atoms with Crippen molar-refractivity contribution in [1.82, 2.24) is 4.90 Å². The smallest absolute Gasteiger partial charge is 0.303 e. The Hall–Kier alpha value is -1.88. The van der Waals surface area contributed by atoms with Crippen molar-refractivity contribution in [3.8, 4) is 0 Å². The predicted octanol–water partition coefficient (Wildman–Crippen LogP) is 2.84. The number of benzene rings is 1. The minimum atomic E-state index is -0.834. The molecule has 0 bridgehead atoms. The van der Waals surface area contributed by atoms with Crippen molar-refractivity contribution in [3.05, 3.63) is 35.9 Å². The second-order valence-electron chi connectivity index (χ2n) is 6.02. The molecule has 5 heteroatoms. The molecule has 0 heterocycles. The lowest BCUT2D eigenvalue weighted by Gasteiger charge is -2.23. The van der Waals surface area contributed by atoms with Crippen LogP contribution in [0.5, 0.6) is 0 Å². The van der Waals surface area contributed by atoms with Crippen molar-refractivity contribution < 1.29 is 19.4 Å². The number of hydrogen-bond acceptors (Lipinski definition) is 3. The van der Waals surface area contributed by atoms with Crippen LogP contribution in [-0.2, 0) is 20.9 Å². The van der Waals surface area contributed by atoms with Crippen LogP contribution >= 0.6 is 0 Å². The molecule has 126 valence electrons. The lowest BCUT2D eigenvalue weighted by atomic mass is 10.2. The van der Waals surface area contributed by atoms with E-state index in [1.165, 1.54) is 12.8 Å². The van der Waals surface area contributed by atoms with Crippen molar-refractivity contribution in [2.45, 2.75) is 51.2 Å². The number of carbonyl (C=O) groups excluding carboxylic acids is 1. The van der Waals surface area contributed by atoms with Crippen LogP contribution in [0.2, 0.25) is 0 Å². The molecule has 0 unspecified atom stereocenters. The second-order valence-corrected chi connectivity index (χ2v) is 6.02. The highest BCUT2D eigenvalue weighted by atomic mass is 16.5. The number of carbonyl (C=O) groups is 2. The van der Waals surface area contributed by atoms with Crippen LogP contribution in [0.15, 0.2) is 30.3 Å². The maximum absolute atomic E-state index is 12.4. The van der Waals surface area contributed by atoms with Gasteiger partial charge in [-0.05, 0) is 24.8 Å². The second kappa shape index (κ2) is 9.30.